The topological polar surface area (TPSA) is 74.6 Å². The largest absolute Gasteiger partial charge is 0.334 e. The van der Waals surface area contributed by atoms with Gasteiger partial charge in [0.25, 0.3) is 12.3 Å². The smallest absolute Gasteiger partial charge is 0.274 e. The van der Waals surface area contributed by atoms with E-state index in [2.05, 4.69) is 25.6 Å². The van der Waals surface area contributed by atoms with Crippen molar-refractivity contribution in [2.45, 2.75) is 31.4 Å². The molecule has 2 bridgehead atoms. The fourth-order valence-corrected chi connectivity index (χ4v) is 4.69. The molecule has 28 heavy (non-hydrogen) atoms. The molecule has 1 amide bonds. The van der Waals surface area contributed by atoms with Gasteiger partial charge in [0.05, 0.1) is 23.0 Å². The van der Waals surface area contributed by atoms with Crippen molar-refractivity contribution in [1.82, 2.24) is 19.9 Å². The van der Waals surface area contributed by atoms with Gasteiger partial charge < -0.3 is 15.5 Å². The number of rotatable bonds is 4. The van der Waals surface area contributed by atoms with Crippen molar-refractivity contribution in [2.24, 2.45) is 0 Å². The monoisotopic (exact) mass is 404 g/mol. The number of amides is 1. The van der Waals surface area contributed by atoms with Crippen LogP contribution >= 0.6 is 11.3 Å². The number of nitrogens with one attached hydrogen (secondary N) is 2. The van der Waals surface area contributed by atoms with Crippen LogP contribution in [0.2, 0.25) is 0 Å². The summed E-state index contributed by atoms with van der Waals surface area (Å²) in [7, 11) is 0. The Kier molecular flexibility index (Phi) is 4.24. The van der Waals surface area contributed by atoms with Gasteiger partial charge in [-0.3, -0.25) is 4.79 Å². The summed E-state index contributed by atoms with van der Waals surface area (Å²) in [6.07, 6.45) is 1.28. The third-order valence-electron chi connectivity index (χ3n) is 5.40. The van der Waals surface area contributed by atoms with Gasteiger partial charge in [-0.05, 0) is 25.0 Å². The van der Waals surface area contributed by atoms with Crippen LogP contribution in [0, 0.1) is 0 Å². The zero-order valence-corrected chi connectivity index (χ0v) is 15.6. The minimum atomic E-state index is -2.64. The van der Waals surface area contributed by atoms with Crippen LogP contribution in [0.1, 0.15) is 35.3 Å². The number of aromatic nitrogens is 3. The van der Waals surface area contributed by atoms with E-state index < -0.39 is 12.3 Å². The second-order valence-electron chi connectivity index (χ2n) is 7.10. The molecule has 0 aliphatic carbocycles. The second kappa shape index (κ2) is 6.78. The van der Waals surface area contributed by atoms with Crippen molar-refractivity contribution in [3.63, 3.8) is 0 Å². The predicted molar refractivity (Wildman–Crippen MR) is 102 cm³/mol. The summed E-state index contributed by atoms with van der Waals surface area (Å²) in [5, 5.41) is 13.5. The standard InChI is InChI=1S/C18H18F2N6OS/c19-16(20)13-8-28-9-14(13)23-17(27)15-4-3-12-6-22-18(24-26(12)15)25-7-10-1-2-11(25)5-21-10/h3-4,6,8-11,16,21H,1-2,5,7H2,(H,23,27)/t10-,11+/m0/s1. The van der Waals surface area contributed by atoms with E-state index in [0.717, 1.165) is 37.3 Å². The molecule has 3 saturated heterocycles. The molecular weight excluding hydrogens is 386 g/mol. The summed E-state index contributed by atoms with van der Waals surface area (Å²) in [4.78, 5) is 19.4. The lowest BCUT2D eigenvalue weighted by molar-refractivity contribution is 0.102. The van der Waals surface area contributed by atoms with Gasteiger partial charge in [-0.25, -0.2) is 18.3 Å². The third kappa shape index (κ3) is 2.92. The van der Waals surface area contributed by atoms with Gasteiger partial charge in [0.2, 0.25) is 5.95 Å². The Morgan fingerprint density at radius 1 is 1.32 bits per heavy atom. The SMILES string of the molecule is O=C(Nc1cscc1C(F)F)c1ccc2cnc(N3C[C@@H]4CC[C@@H]3CN4)nn12. The van der Waals surface area contributed by atoms with Crippen molar-refractivity contribution in [3.05, 3.63) is 40.3 Å². The number of nitrogens with zero attached hydrogens (tertiary/aromatic N) is 4. The summed E-state index contributed by atoms with van der Waals surface area (Å²) in [6.45, 7) is 1.74. The van der Waals surface area contributed by atoms with E-state index >= 15 is 0 Å². The number of thiophene rings is 1. The Bertz CT molecular complexity index is 1030. The molecule has 0 unspecified atom stereocenters. The minimum Gasteiger partial charge on any atom is -0.334 e. The number of alkyl halides is 2. The Labute approximate surface area is 163 Å². The lowest BCUT2D eigenvalue weighted by atomic mass is 9.93. The first kappa shape index (κ1) is 17.5. The maximum atomic E-state index is 13.1. The minimum absolute atomic E-state index is 0.133. The Balaban J connectivity index is 1.45. The lowest BCUT2D eigenvalue weighted by Crippen LogP contribution is -2.61. The lowest BCUT2D eigenvalue weighted by Gasteiger charge is -2.45. The molecular formula is C18H18F2N6OS. The van der Waals surface area contributed by atoms with Crippen molar-refractivity contribution < 1.29 is 13.6 Å². The van der Waals surface area contributed by atoms with E-state index in [4.69, 9.17) is 0 Å². The molecule has 7 nitrogen and oxygen atoms in total. The number of hydrogen-bond acceptors (Lipinski definition) is 6. The van der Waals surface area contributed by atoms with E-state index in [-0.39, 0.29) is 16.9 Å². The zero-order valence-electron chi connectivity index (χ0n) is 14.8. The molecule has 3 aliphatic rings. The van der Waals surface area contributed by atoms with Gasteiger partial charge >= 0.3 is 0 Å². The van der Waals surface area contributed by atoms with Crippen LogP contribution in [-0.4, -0.2) is 45.7 Å². The Morgan fingerprint density at radius 3 is 2.93 bits per heavy atom. The number of halogens is 2. The molecule has 0 radical (unpaired) electrons. The van der Waals surface area contributed by atoms with Crippen LogP contribution in [0.15, 0.2) is 29.1 Å². The average Bonchev–Trinajstić information content (AvgIpc) is 3.35. The van der Waals surface area contributed by atoms with Gasteiger partial charge in [-0.15, -0.1) is 16.4 Å². The quantitative estimate of drug-likeness (QED) is 0.700. The van der Waals surface area contributed by atoms with Gasteiger partial charge in [0.1, 0.15) is 5.69 Å². The number of carbonyl (C=O) groups is 1. The molecule has 3 aromatic rings. The first-order valence-electron chi connectivity index (χ1n) is 9.10. The van der Waals surface area contributed by atoms with Gasteiger partial charge in [-0.1, -0.05) is 0 Å². The van der Waals surface area contributed by atoms with Crippen molar-refractivity contribution in [1.29, 1.82) is 0 Å². The highest BCUT2D eigenvalue weighted by atomic mass is 32.1. The normalized spacial score (nSPS) is 21.6. The van der Waals surface area contributed by atoms with Crippen LogP contribution in [-0.2, 0) is 0 Å². The molecule has 146 valence electrons. The zero-order chi connectivity index (χ0) is 19.3. The highest BCUT2D eigenvalue weighted by molar-refractivity contribution is 7.08. The highest BCUT2D eigenvalue weighted by Crippen LogP contribution is 2.31. The molecule has 2 atom stereocenters. The van der Waals surface area contributed by atoms with E-state index in [1.54, 1.807) is 18.3 Å². The molecule has 6 rings (SSSR count). The van der Waals surface area contributed by atoms with Crippen LogP contribution in [0.5, 0.6) is 0 Å². The molecule has 0 saturated carbocycles. The summed E-state index contributed by atoms with van der Waals surface area (Å²) in [5.41, 5.74) is 0.916. The summed E-state index contributed by atoms with van der Waals surface area (Å²) in [6, 6.07) is 4.14. The van der Waals surface area contributed by atoms with Gasteiger partial charge in [0, 0.05) is 35.9 Å². The number of carbonyl (C=O) groups excluding carboxylic acids is 1. The molecule has 0 spiro atoms. The maximum absolute atomic E-state index is 13.1. The molecule has 10 heteroatoms. The van der Waals surface area contributed by atoms with E-state index in [1.807, 2.05) is 0 Å². The maximum Gasteiger partial charge on any atom is 0.274 e. The van der Waals surface area contributed by atoms with Crippen LogP contribution < -0.4 is 15.5 Å². The molecule has 0 aromatic carbocycles. The highest BCUT2D eigenvalue weighted by Gasteiger charge is 2.35. The van der Waals surface area contributed by atoms with Crippen LogP contribution in [0.4, 0.5) is 20.4 Å². The number of piperidine rings is 2. The van der Waals surface area contributed by atoms with Gasteiger partial charge in [-0.2, -0.15) is 0 Å². The van der Waals surface area contributed by atoms with Crippen LogP contribution in [0.3, 0.4) is 0 Å². The first-order valence-corrected chi connectivity index (χ1v) is 10.0. The van der Waals surface area contributed by atoms with E-state index in [0.29, 0.717) is 23.5 Å². The summed E-state index contributed by atoms with van der Waals surface area (Å²) in [5.74, 6) is 0.101. The summed E-state index contributed by atoms with van der Waals surface area (Å²) < 4.78 is 27.6. The average molecular weight is 404 g/mol. The van der Waals surface area contributed by atoms with Crippen molar-refractivity contribution >= 4 is 34.4 Å². The van der Waals surface area contributed by atoms with Crippen molar-refractivity contribution in [2.75, 3.05) is 23.3 Å². The number of hydrogen-bond donors (Lipinski definition) is 2. The van der Waals surface area contributed by atoms with E-state index in [1.165, 1.54) is 15.3 Å². The third-order valence-corrected chi connectivity index (χ3v) is 6.16. The predicted octanol–water partition coefficient (Wildman–Crippen LogP) is 2.92. The fraction of sp³-hybridized carbons (Fsp3) is 0.389. The second-order valence-corrected chi connectivity index (χ2v) is 7.84. The molecule has 2 N–H and O–H groups in total. The number of fused-ring (bicyclic) bond motifs is 4. The number of piperazine rings is 1. The fourth-order valence-electron chi connectivity index (χ4n) is 3.91. The number of anilines is 2. The Hall–Kier alpha value is -2.59. The van der Waals surface area contributed by atoms with Crippen molar-refractivity contribution in [3.8, 4) is 0 Å². The molecule has 3 aromatic heterocycles. The first-order chi connectivity index (χ1) is 13.6. The molecule has 3 aliphatic heterocycles. The molecule has 3 fully saturated rings. The molecule has 6 heterocycles. The summed E-state index contributed by atoms with van der Waals surface area (Å²) >= 11 is 1.13. The Morgan fingerprint density at radius 2 is 2.21 bits per heavy atom. The van der Waals surface area contributed by atoms with Gasteiger partial charge in [0.15, 0.2) is 0 Å². The van der Waals surface area contributed by atoms with Crippen LogP contribution in [0.25, 0.3) is 5.52 Å². The van der Waals surface area contributed by atoms with E-state index in [9.17, 15) is 13.6 Å².